The summed E-state index contributed by atoms with van der Waals surface area (Å²) in [5, 5.41) is 12.6. The van der Waals surface area contributed by atoms with Crippen molar-refractivity contribution in [2.45, 2.75) is 32.2 Å². The molecule has 2 heterocycles. The number of aryl methyl sites for hydroxylation is 1. The number of carboxylic acid groups (broad SMARTS) is 1. The van der Waals surface area contributed by atoms with Gasteiger partial charge in [0, 0.05) is 6.42 Å². The number of carbonyl (C=O) groups is 2. The van der Waals surface area contributed by atoms with Gasteiger partial charge in [-0.25, -0.2) is 9.78 Å². The maximum Gasteiger partial charge on any atom is 0.371 e. The summed E-state index contributed by atoms with van der Waals surface area (Å²) in [6, 6.07) is 11.0. The zero-order chi connectivity index (χ0) is 17.6. The fraction of sp³-hybridized carbons (Fsp3) is 0.278. The SMILES string of the molecule is O=C(CCCCc1nc2ccccc2s1)NCc1ccc(C(=O)O)o1. The molecule has 0 aliphatic heterocycles. The zero-order valence-electron chi connectivity index (χ0n) is 13.5. The molecule has 7 heteroatoms. The van der Waals surface area contributed by atoms with Crippen molar-refractivity contribution in [3.63, 3.8) is 0 Å². The lowest BCUT2D eigenvalue weighted by Crippen LogP contribution is -2.22. The van der Waals surface area contributed by atoms with Crippen LogP contribution in [-0.4, -0.2) is 22.0 Å². The number of benzene rings is 1. The number of para-hydroxylation sites is 1. The lowest BCUT2D eigenvalue weighted by molar-refractivity contribution is -0.121. The summed E-state index contributed by atoms with van der Waals surface area (Å²) in [6.07, 6.45) is 2.97. The van der Waals surface area contributed by atoms with Gasteiger partial charge in [-0.15, -0.1) is 11.3 Å². The van der Waals surface area contributed by atoms with Crippen LogP contribution in [0.5, 0.6) is 0 Å². The first-order valence-corrected chi connectivity index (χ1v) is 8.86. The number of carboxylic acids is 1. The number of nitrogens with one attached hydrogen (secondary N) is 1. The molecule has 0 radical (unpaired) electrons. The minimum Gasteiger partial charge on any atom is -0.475 e. The maximum absolute atomic E-state index is 11.8. The number of unbranched alkanes of at least 4 members (excludes halogenated alkanes) is 1. The topological polar surface area (TPSA) is 92.4 Å². The summed E-state index contributed by atoms with van der Waals surface area (Å²) >= 11 is 1.70. The van der Waals surface area contributed by atoms with Gasteiger partial charge >= 0.3 is 5.97 Å². The highest BCUT2D eigenvalue weighted by molar-refractivity contribution is 7.18. The molecule has 130 valence electrons. The normalized spacial score (nSPS) is 10.9. The Kier molecular flexibility index (Phi) is 5.45. The van der Waals surface area contributed by atoms with Crippen molar-refractivity contribution in [2.24, 2.45) is 0 Å². The highest BCUT2D eigenvalue weighted by Gasteiger charge is 2.10. The lowest BCUT2D eigenvalue weighted by atomic mass is 10.2. The summed E-state index contributed by atoms with van der Waals surface area (Å²) < 4.78 is 6.28. The van der Waals surface area contributed by atoms with Crippen LogP contribution in [0.15, 0.2) is 40.8 Å². The molecular formula is C18H18N2O4S. The molecular weight excluding hydrogens is 340 g/mol. The number of rotatable bonds is 8. The second-order valence-corrected chi connectivity index (χ2v) is 6.75. The van der Waals surface area contributed by atoms with Crippen LogP contribution in [-0.2, 0) is 17.8 Å². The van der Waals surface area contributed by atoms with E-state index in [1.165, 1.54) is 10.8 Å². The smallest absolute Gasteiger partial charge is 0.371 e. The van der Waals surface area contributed by atoms with Crippen LogP contribution in [0, 0.1) is 0 Å². The Morgan fingerprint density at radius 3 is 2.76 bits per heavy atom. The van der Waals surface area contributed by atoms with Crippen molar-refractivity contribution < 1.29 is 19.1 Å². The van der Waals surface area contributed by atoms with Gasteiger partial charge in [0.25, 0.3) is 0 Å². The maximum atomic E-state index is 11.8. The van der Waals surface area contributed by atoms with Crippen LogP contribution in [0.2, 0.25) is 0 Å². The van der Waals surface area contributed by atoms with Crippen LogP contribution in [0.4, 0.5) is 0 Å². The van der Waals surface area contributed by atoms with E-state index in [0.29, 0.717) is 12.2 Å². The molecule has 3 aromatic rings. The fourth-order valence-corrected chi connectivity index (χ4v) is 3.46. The van der Waals surface area contributed by atoms with Crippen molar-refractivity contribution >= 4 is 33.4 Å². The molecule has 2 aromatic heterocycles. The minimum absolute atomic E-state index is 0.0717. The monoisotopic (exact) mass is 358 g/mol. The molecule has 0 spiro atoms. The largest absolute Gasteiger partial charge is 0.475 e. The van der Waals surface area contributed by atoms with E-state index in [0.717, 1.165) is 29.8 Å². The molecule has 0 aliphatic carbocycles. The molecule has 2 N–H and O–H groups in total. The minimum atomic E-state index is -1.12. The van der Waals surface area contributed by atoms with Crippen molar-refractivity contribution in [1.82, 2.24) is 10.3 Å². The predicted molar refractivity (Wildman–Crippen MR) is 94.7 cm³/mol. The van der Waals surface area contributed by atoms with Crippen LogP contribution in [0.3, 0.4) is 0 Å². The summed E-state index contributed by atoms with van der Waals surface area (Å²) in [5.41, 5.74) is 1.03. The number of hydrogen-bond acceptors (Lipinski definition) is 5. The molecule has 0 saturated carbocycles. The van der Waals surface area contributed by atoms with Crippen LogP contribution >= 0.6 is 11.3 Å². The fourth-order valence-electron chi connectivity index (χ4n) is 2.45. The summed E-state index contributed by atoms with van der Waals surface area (Å²) in [4.78, 5) is 27.1. The molecule has 1 aromatic carbocycles. The van der Waals surface area contributed by atoms with Gasteiger partial charge in [-0.1, -0.05) is 12.1 Å². The van der Waals surface area contributed by atoms with Gasteiger partial charge in [0.15, 0.2) is 0 Å². The van der Waals surface area contributed by atoms with Gasteiger partial charge < -0.3 is 14.8 Å². The summed E-state index contributed by atoms with van der Waals surface area (Å²) in [7, 11) is 0. The van der Waals surface area contributed by atoms with Gasteiger partial charge in [-0.3, -0.25) is 4.79 Å². The van der Waals surface area contributed by atoms with Crippen molar-refractivity contribution in [2.75, 3.05) is 0 Å². The molecule has 6 nitrogen and oxygen atoms in total. The van der Waals surface area contributed by atoms with E-state index in [1.54, 1.807) is 17.4 Å². The molecule has 0 saturated heterocycles. The Bertz CT molecular complexity index is 851. The highest BCUT2D eigenvalue weighted by atomic mass is 32.1. The van der Waals surface area contributed by atoms with E-state index >= 15 is 0 Å². The number of fused-ring (bicyclic) bond motifs is 1. The third-order valence-corrected chi connectivity index (χ3v) is 4.81. The summed E-state index contributed by atoms with van der Waals surface area (Å²) in [6.45, 7) is 0.198. The van der Waals surface area contributed by atoms with Crippen LogP contribution in [0.1, 0.15) is 40.6 Å². The lowest BCUT2D eigenvalue weighted by Gasteiger charge is -2.03. The molecule has 3 rings (SSSR count). The third-order valence-electron chi connectivity index (χ3n) is 3.71. The van der Waals surface area contributed by atoms with Gasteiger partial charge in [0.1, 0.15) is 5.76 Å². The van der Waals surface area contributed by atoms with Crippen LogP contribution < -0.4 is 5.32 Å². The van der Waals surface area contributed by atoms with E-state index in [4.69, 9.17) is 9.52 Å². The number of aromatic carboxylic acids is 1. The molecule has 25 heavy (non-hydrogen) atoms. The second kappa shape index (κ2) is 7.94. The van der Waals surface area contributed by atoms with Gasteiger partial charge in [0.05, 0.1) is 21.8 Å². The highest BCUT2D eigenvalue weighted by Crippen LogP contribution is 2.22. The first-order valence-electron chi connectivity index (χ1n) is 8.05. The second-order valence-electron chi connectivity index (χ2n) is 5.63. The number of carbonyl (C=O) groups excluding carboxylic acids is 1. The van der Waals surface area contributed by atoms with Crippen LogP contribution in [0.25, 0.3) is 10.2 Å². The molecule has 0 fully saturated rings. The average Bonchev–Trinajstić information content (AvgIpc) is 3.23. The predicted octanol–water partition coefficient (Wildman–Crippen LogP) is 3.62. The third kappa shape index (κ3) is 4.67. The number of aromatic nitrogens is 1. The Morgan fingerprint density at radius 1 is 1.16 bits per heavy atom. The van der Waals surface area contributed by atoms with E-state index in [1.807, 2.05) is 18.2 Å². The van der Waals surface area contributed by atoms with Gasteiger partial charge in [-0.05, 0) is 43.5 Å². The quantitative estimate of drug-likeness (QED) is 0.600. The van der Waals surface area contributed by atoms with Crippen molar-refractivity contribution in [3.8, 4) is 0 Å². The average molecular weight is 358 g/mol. The standard InChI is InChI=1S/C18H18N2O4S/c21-16(19-11-12-9-10-14(24-12)18(22)23)7-3-4-8-17-20-13-5-1-2-6-15(13)25-17/h1-2,5-6,9-10H,3-4,7-8,11H2,(H,19,21)(H,22,23). The number of amides is 1. The molecule has 0 unspecified atom stereocenters. The number of thiazole rings is 1. The molecule has 1 amide bonds. The van der Waals surface area contributed by atoms with E-state index in [-0.39, 0.29) is 18.2 Å². The molecule has 0 atom stereocenters. The first-order chi connectivity index (χ1) is 12.1. The van der Waals surface area contributed by atoms with E-state index in [2.05, 4.69) is 16.4 Å². The zero-order valence-corrected chi connectivity index (χ0v) is 14.3. The van der Waals surface area contributed by atoms with E-state index < -0.39 is 5.97 Å². The Hall–Kier alpha value is -2.67. The first kappa shape index (κ1) is 17.2. The Balaban J connectivity index is 1.36. The summed E-state index contributed by atoms with van der Waals surface area (Å²) in [5.74, 6) is -0.884. The Labute approximate surface area is 148 Å². The van der Waals surface area contributed by atoms with Crippen molar-refractivity contribution in [1.29, 1.82) is 0 Å². The molecule has 0 aliphatic rings. The molecule has 0 bridgehead atoms. The number of hydrogen-bond donors (Lipinski definition) is 2. The van der Waals surface area contributed by atoms with E-state index in [9.17, 15) is 9.59 Å². The number of furan rings is 1. The van der Waals surface area contributed by atoms with Gasteiger partial charge in [0.2, 0.25) is 11.7 Å². The van der Waals surface area contributed by atoms with Gasteiger partial charge in [-0.2, -0.15) is 0 Å². The Morgan fingerprint density at radius 2 is 2.00 bits per heavy atom. The number of nitrogens with zero attached hydrogens (tertiary/aromatic N) is 1. The van der Waals surface area contributed by atoms with Crippen molar-refractivity contribution in [3.05, 3.63) is 52.9 Å².